The van der Waals surface area contributed by atoms with Crippen molar-refractivity contribution in [3.8, 4) is 16.9 Å². The highest BCUT2D eigenvalue weighted by molar-refractivity contribution is 5.63. The van der Waals surface area contributed by atoms with Gasteiger partial charge in [0, 0.05) is 49.0 Å². The molecule has 28 heavy (non-hydrogen) atoms. The van der Waals surface area contributed by atoms with Gasteiger partial charge in [-0.05, 0) is 24.3 Å². The molecule has 2 aromatic carbocycles. The van der Waals surface area contributed by atoms with E-state index < -0.39 is 17.2 Å². The van der Waals surface area contributed by atoms with Gasteiger partial charge in [-0.1, -0.05) is 0 Å². The highest BCUT2D eigenvalue weighted by atomic mass is 19.1. The summed E-state index contributed by atoms with van der Waals surface area (Å²) in [5.74, 6) is -1.09. The van der Waals surface area contributed by atoms with Crippen LogP contribution in [0.5, 0.6) is 5.75 Å². The molecule has 8 heteroatoms. The third kappa shape index (κ3) is 3.11. The lowest BCUT2D eigenvalue weighted by atomic mass is 10.0. The van der Waals surface area contributed by atoms with E-state index >= 15 is 0 Å². The topological polar surface area (TPSA) is 56.1 Å². The van der Waals surface area contributed by atoms with Crippen LogP contribution in [0, 0.1) is 17.5 Å². The number of hydrogen-bond donors (Lipinski definition) is 1. The van der Waals surface area contributed by atoms with Crippen LogP contribution < -0.4 is 15.6 Å². The van der Waals surface area contributed by atoms with Gasteiger partial charge in [-0.3, -0.25) is 9.36 Å². The lowest BCUT2D eigenvalue weighted by molar-refractivity contribution is 0.356. The molecule has 0 fully saturated rings. The van der Waals surface area contributed by atoms with E-state index in [2.05, 4.69) is 10.3 Å². The number of halogens is 3. The Hall–Kier alpha value is -3.29. The van der Waals surface area contributed by atoms with Gasteiger partial charge in [0.15, 0.2) is 0 Å². The second-order valence-corrected chi connectivity index (χ2v) is 6.44. The Morgan fingerprint density at radius 2 is 1.96 bits per heavy atom. The van der Waals surface area contributed by atoms with Crippen molar-refractivity contribution >= 4 is 5.95 Å². The maximum absolute atomic E-state index is 14.2. The largest absolute Gasteiger partial charge is 0.493 e. The van der Waals surface area contributed by atoms with Crippen molar-refractivity contribution < 1.29 is 17.9 Å². The fourth-order valence-corrected chi connectivity index (χ4v) is 3.28. The van der Waals surface area contributed by atoms with Gasteiger partial charge < -0.3 is 10.1 Å². The van der Waals surface area contributed by atoms with Crippen LogP contribution in [0.2, 0.25) is 0 Å². The molecule has 0 atom stereocenters. The Labute approximate surface area is 158 Å². The molecule has 1 aliphatic heterocycles. The summed E-state index contributed by atoms with van der Waals surface area (Å²) in [6, 6.07) is 5.92. The van der Waals surface area contributed by atoms with Crippen LogP contribution >= 0.6 is 0 Å². The number of hydrogen-bond acceptors (Lipinski definition) is 4. The molecule has 5 nitrogen and oxygen atoms in total. The van der Waals surface area contributed by atoms with Gasteiger partial charge in [-0.2, -0.15) is 0 Å². The molecule has 4 rings (SSSR count). The minimum Gasteiger partial charge on any atom is -0.493 e. The van der Waals surface area contributed by atoms with E-state index in [1.807, 2.05) is 0 Å². The van der Waals surface area contributed by atoms with Crippen LogP contribution in [0.1, 0.15) is 11.1 Å². The molecule has 0 aliphatic carbocycles. The van der Waals surface area contributed by atoms with Crippen molar-refractivity contribution in [2.24, 2.45) is 7.05 Å². The first-order valence-electron chi connectivity index (χ1n) is 8.64. The second kappa shape index (κ2) is 7.03. The van der Waals surface area contributed by atoms with Crippen LogP contribution in [0.3, 0.4) is 0 Å². The highest BCUT2D eigenvalue weighted by Gasteiger charge is 2.20. The second-order valence-electron chi connectivity index (χ2n) is 6.44. The van der Waals surface area contributed by atoms with Gasteiger partial charge in [0.1, 0.15) is 23.2 Å². The molecule has 1 N–H and O–H groups in total. The first kappa shape index (κ1) is 18.1. The molecule has 0 spiro atoms. The third-order valence-corrected chi connectivity index (χ3v) is 4.75. The van der Waals surface area contributed by atoms with Crippen LogP contribution in [0.15, 0.2) is 41.3 Å². The number of aromatic nitrogens is 2. The van der Waals surface area contributed by atoms with E-state index in [4.69, 9.17) is 4.74 Å². The molecule has 0 unspecified atom stereocenters. The van der Waals surface area contributed by atoms with E-state index in [0.717, 1.165) is 11.6 Å². The summed E-state index contributed by atoms with van der Waals surface area (Å²) in [5, 5.41) is 2.95. The van der Waals surface area contributed by atoms with Gasteiger partial charge in [0.05, 0.1) is 12.2 Å². The van der Waals surface area contributed by atoms with Crippen LogP contribution in [-0.4, -0.2) is 16.2 Å². The van der Waals surface area contributed by atoms with Gasteiger partial charge in [-0.25, -0.2) is 18.2 Å². The van der Waals surface area contributed by atoms with Crippen molar-refractivity contribution in [2.45, 2.75) is 13.0 Å². The predicted molar refractivity (Wildman–Crippen MR) is 97.8 cm³/mol. The predicted octanol–water partition coefficient (Wildman–Crippen LogP) is 3.41. The zero-order valence-electron chi connectivity index (χ0n) is 14.9. The maximum atomic E-state index is 14.2. The fourth-order valence-electron chi connectivity index (χ4n) is 3.28. The number of anilines is 1. The van der Waals surface area contributed by atoms with Gasteiger partial charge in [0.25, 0.3) is 5.56 Å². The smallest absolute Gasteiger partial charge is 0.262 e. The van der Waals surface area contributed by atoms with Crippen molar-refractivity contribution in [3.63, 3.8) is 0 Å². The average Bonchev–Trinajstić information content (AvgIpc) is 3.14. The fraction of sp³-hybridized carbons (Fsp3) is 0.200. The Morgan fingerprint density at radius 1 is 1.14 bits per heavy atom. The van der Waals surface area contributed by atoms with Crippen molar-refractivity contribution in [2.75, 3.05) is 11.9 Å². The van der Waals surface area contributed by atoms with Crippen molar-refractivity contribution in [3.05, 3.63) is 75.5 Å². The maximum Gasteiger partial charge on any atom is 0.262 e. The standard InChI is InChI=1S/C20H16F3N3O2/c1-26-19(27)15(12-3-2-11(21)8-17(12)23)10-25-20(26)24-9-14-13-6-7-28-18(13)5-4-16(14)22/h2-5,8,10H,6-7,9H2,1H3,(H,24,25). The van der Waals surface area contributed by atoms with E-state index in [9.17, 15) is 18.0 Å². The monoisotopic (exact) mass is 387 g/mol. The number of nitrogens with zero attached hydrogens (tertiary/aromatic N) is 2. The Balaban J connectivity index is 1.64. The minimum absolute atomic E-state index is 0.00531. The average molecular weight is 387 g/mol. The van der Waals surface area contributed by atoms with Crippen LogP contribution in [0.25, 0.3) is 11.1 Å². The third-order valence-electron chi connectivity index (χ3n) is 4.75. The normalized spacial score (nSPS) is 12.6. The molecule has 0 radical (unpaired) electrons. The SMILES string of the molecule is Cn1c(NCc2c(F)ccc3c2CCO3)ncc(-c2ccc(F)cc2F)c1=O. The number of fused-ring (bicyclic) bond motifs is 1. The molecule has 0 saturated carbocycles. The number of benzene rings is 2. The van der Waals surface area contributed by atoms with Gasteiger partial charge in [-0.15, -0.1) is 0 Å². The van der Waals surface area contributed by atoms with Gasteiger partial charge in [0.2, 0.25) is 5.95 Å². The molecule has 0 amide bonds. The summed E-state index contributed by atoms with van der Waals surface area (Å²) >= 11 is 0. The first-order chi connectivity index (χ1) is 13.5. The van der Waals surface area contributed by atoms with Crippen molar-refractivity contribution in [1.82, 2.24) is 9.55 Å². The summed E-state index contributed by atoms with van der Waals surface area (Å²) in [6.45, 7) is 0.614. The summed E-state index contributed by atoms with van der Waals surface area (Å²) in [4.78, 5) is 16.8. The molecule has 144 valence electrons. The molecular formula is C20H16F3N3O2. The van der Waals surface area contributed by atoms with Gasteiger partial charge >= 0.3 is 0 Å². The van der Waals surface area contributed by atoms with Crippen LogP contribution in [0.4, 0.5) is 19.1 Å². The zero-order valence-corrected chi connectivity index (χ0v) is 14.9. The lowest BCUT2D eigenvalue weighted by Gasteiger charge is -2.14. The molecule has 0 saturated heterocycles. The molecule has 3 aromatic rings. The lowest BCUT2D eigenvalue weighted by Crippen LogP contribution is -2.24. The molecule has 2 heterocycles. The summed E-state index contributed by atoms with van der Waals surface area (Å²) < 4.78 is 48.0. The highest BCUT2D eigenvalue weighted by Crippen LogP contribution is 2.30. The summed E-state index contributed by atoms with van der Waals surface area (Å²) in [6.07, 6.45) is 1.83. The van der Waals surface area contributed by atoms with E-state index in [-0.39, 0.29) is 29.4 Å². The molecule has 0 bridgehead atoms. The quantitative estimate of drug-likeness (QED) is 0.746. The van der Waals surface area contributed by atoms with E-state index in [1.165, 1.54) is 29.9 Å². The Bertz CT molecular complexity index is 1130. The molecule has 1 aliphatic rings. The number of ether oxygens (including phenoxy) is 1. The van der Waals surface area contributed by atoms with Crippen molar-refractivity contribution in [1.29, 1.82) is 0 Å². The molecule has 1 aromatic heterocycles. The minimum atomic E-state index is -0.846. The number of rotatable bonds is 4. The Morgan fingerprint density at radius 3 is 2.75 bits per heavy atom. The first-order valence-corrected chi connectivity index (χ1v) is 8.64. The Kier molecular flexibility index (Phi) is 4.54. The van der Waals surface area contributed by atoms with E-state index in [0.29, 0.717) is 30.4 Å². The molecular weight excluding hydrogens is 371 g/mol. The summed E-state index contributed by atoms with van der Waals surface area (Å²) in [5.41, 5.74) is 0.710. The van der Waals surface area contributed by atoms with Crippen LogP contribution in [-0.2, 0) is 20.0 Å². The zero-order chi connectivity index (χ0) is 19.8. The number of nitrogens with one attached hydrogen (secondary N) is 1. The summed E-state index contributed by atoms with van der Waals surface area (Å²) in [7, 11) is 1.47. The van der Waals surface area contributed by atoms with E-state index in [1.54, 1.807) is 6.07 Å².